The van der Waals surface area contributed by atoms with Crippen LogP contribution in [0.3, 0.4) is 0 Å². The molecule has 0 bridgehead atoms. The Morgan fingerprint density at radius 3 is 2.65 bits per heavy atom. The molecule has 1 aliphatic carbocycles. The van der Waals surface area contributed by atoms with Crippen LogP contribution in [0.4, 0.5) is 0 Å². The lowest BCUT2D eigenvalue weighted by Crippen LogP contribution is -2.41. The summed E-state index contributed by atoms with van der Waals surface area (Å²) in [7, 11) is 0. The number of aliphatic hydroxyl groups excluding tert-OH is 1. The Morgan fingerprint density at radius 2 is 2.06 bits per heavy atom. The molecule has 0 radical (unpaired) electrons. The van der Waals surface area contributed by atoms with Gasteiger partial charge >= 0.3 is 0 Å². The van der Waals surface area contributed by atoms with E-state index in [9.17, 15) is 9.90 Å². The van der Waals surface area contributed by atoms with E-state index in [2.05, 4.69) is 17.6 Å². The Balaban J connectivity index is 2.11. The van der Waals surface area contributed by atoms with Crippen molar-refractivity contribution in [3.8, 4) is 0 Å². The van der Waals surface area contributed by atoms with Gasteiger partial charge in [-0.2, -0.15) is 0 Å². The zero-order valence-corrected chi connectivity index (χ0v) is 10.9. The number of hydrogen-bond donors (Lipinski definition) is 3. The van der Waals surface area contributed by atoms with Gasteiger partial charge in [-0.3, -0.25) is 4.79 Å². The van der Waals surface area contributed by atoms with Crippen LogP contribution in [0.15, 0.2) is 0 Å². The first kappa shape index (κ1) is 14.5. The second-order valence-corrected chi connectivity index (χ2v) is 5.17. The summed E-state index contributed by atoms with van der Waals surface area (Å²) in [6, 6.07) is 0. The van der Waals surface area contributed by atoms with E-state index in [1.165, 1.54) is 12.8 Å². The maximum absolute atomic E-state index is 11.4. The van der Waals surface area contributed by atoms with Gasteiger partial charge in [0.2, 0.25) is 5.91 Å². The molecular weight excluding hydrogens is 216 g/mol. The third-order valence-corrected chi connectivity index (χ3v) is 3.64. The monoisotopic (exact) mass is 242 g/mol. The molecule has 0 aromatic heterocycles. The fraction of sp³-hybridized carbons (Fsp3) is 0.923. The number of carbonyl (C=O) groups excluding carboxylic acids is 1. The third-order valence-electron chi connectivity index (χ3n) is 3.64. The van der Waals surface area contributed by atoms with Crippen LogP contribution in [0.5, 0.6) is 0 Å². The van der Waals surface area contributed by atoms with Gasteiger partial charge in [0.1, 0.15) is 0 Å². The Labute approximate surface area is 104 Å². The molecule has 100 valence electrons. The lowest BCUT2D eigenvalue weighted by molar-refractivity contribution is -0.120. The molecule has 1 rings (SSSR count). The zero-order valence-electron chi connectivity index (χ0n) is 10.9. The summed E-state index contributed by atoms with van der Waals surface area (Å²) in [5.41, 5.74) is 0.0314. The third kappa shape index (κ3) is 5.04. The van der Waals surface area contributed by atoms with Gasteiger partial charge in [-0.25, -0.2) is 0 Å². The molecule has 3 N–H and O–H groups in total. The molecule has 0 heterocycles. The predicted molar refractivity (Wildman–Crippen MR) is 68.8 cm³/mol. The summed E-state index contributed by atoms with van der Waals surface area (Å²) in [6.45, 7) is 4.23. The minimum absolute atomic E-state index is 0.0314. The molecule has 0 aromatic carbocycles. The van der Waals surface area contributed by atoms with Crippen molar-refractivity contribution in [3.05, 3.63) is 0 Å². The summed E-state index contributed by atoms with van der Waals surface area (Å²) in [5.74, 6) is 0.0598. The van der Waals surface area contributed by atoms with E-state index in [0.29, 0.717) is 6.54 Å². The topological polar surface area (TPSA) is 61.4 Å². The number of rotatable bonds is 8. The largest absolute Gasteiger partial charge is 0.396 e. The van der Waals surface area contributed by atoms with E-state index in [4.69, 9.17) is 0 Å². The smallest absolute Gasteiger partial charge is 0.233 e. The quantitative estimate of drug-likeness (QED) is 0.557. The Kier molecular flexibility index (Phi) is 6.52. The average Bonchev–Trinajstić information content (AvgIpc) is 2.79. The van der Waals surface area contributed by atoms with E-state index >= 15 is 0 Å². The van der Waals surface area contributed by atoms with Crippen molar-refractivity contribution in [2.24, 2.45) is 5.41 Å². The van der Waals surface area contributed by atoms with Gasteiger partial charge in [0.25, 0.3) is 0 Å². The van der Waals surface area contributed by atoms with E-state index in [1.54, 1.807) is 0 Å². The van der Waals surface area contributed by atoms with Gasteiger partial charge in [-0.15, -0.1) is 0 Å². The van der Waals surface area contributed by atoms with Crippen molar-refractivity contribution < 1.29 is 9.90 Å². The Morgan fingerprint density at radius 1 is 1.35 bits per heavy atom. The summed E-state index contributed by atoms with van der Waals surface area (Å²) >= 11 is 0. The SMILES string of the molecule is CCCCNC(=O)CNCC1(CO)CCCC1. The molecule has 4 heteroatoms. The van der Waals surface area contributed by atoms with Crippen LogP contribution in [0.2, 0.25) is 0 Å². The van der Waals surface area contributed by atoms with Crippen LogP contribution >= 0.6 is 0 Å². The van der Waals surface area contributed by atoms with Gasteiger partial charge in [0.15, 0.2) is 0 Å². The van der Waals surface area contributed by atoms with Crippen molar-refractivity contribution in [2.45, 2.75) is 45.4 Å². The molecule has 1 amide bonds. The zero-order chi connectivity index (χ0) is 12.6. The van der Waals surface area contributed by atoms with Crippen molar-refractivity contribution >= 4 is 5.91 Å². The summed E-state index contributed by atoms with van der Waals surface area (Å²) < 4.78 is 0. The summed E-state index contributed by atoms with van der Waals surface area (Å²) in [6.07, 6.45) is 6.69. The fourth-order valence-corrected chi connectivity index (χ4v) is 2.42. The standard InChI is InChI=1S/C13H26N2O2/c1-2-3-8-15-12(17)9-14-10-13(11-16)6-4-5-7-13/h14,16H,2-11H2,1H3,(H,15,17). The van der Waals surface area contributed by atoms with Gasteiger partial charge in [-0.1, -0.05) is 26.2 Å². The van der Waals surface area contributed by atoms with Gasteiger partial charge in [-0.05, 0) is 19.3 Å². The number of nitrogens with one attached hydrogen (secondary N) is 2. The second kappa shape index (κ2) is 7.67. The molecule has 0 aliphatic heterocycles. The van der Waals surface area contributed by atoms with E-state index in [1.807, 2.05) is 0 Å². The highest BCUT2D eigenvalue weighted by atomic mass is 16.3. The molecule has 0 aromatic rings. The molecule has 4 nitrogen and oxygen atoms in total. The van der Waals surface area contributed by atoms with Crippen LogP contribution in [-0.2, 0) is 4.79 Å². The van der Waals surface area contributed by atoms with E-state index in [0.717, 1.165) is 38.8 Å². The van der Waals surface area contributed by atoms with E-state index in [-0.39, 0.29) is 17.9 Å². The molecule has 0 saturated heterocycles. The normalized spacial score (nSPS) is 18.2. The maximum atomic E-state index is 11.4. The lowest BCUT2D eigenvalue weighted by Gasteiger charge is -2.26. The van der Waals surface area contributed by atoms with Crippen LogP contribution in [-0.4, -0.2) is 37.3 Å². The summed E-state index contributed by atoms with van der Waals surface area (Å²) in [5, 5.41) is 15.5. The molecule has 1 aliphatic rings. The van der Waals surface area contributed by atoms with Crippen molar-refractivity contribution in [3.63, 3.8) is 0 Å². The minimum Gasteiger partial charge on any atom is -0.396 e. The van der Waals surface area contributed by atoms with Crippen LogP contribution in [0, 0.1) is 5.41 Å². The Hall–Kier alpha value is -0.610. The van der Waals surface area contributed by atoms with Gasteiger partial charge < -0.3 is 15.7 Å². The number of hydrogen-bond acceptors (Lipinski definition) is 3. The number of unbranched alkanes of at least 4 members (excludes halogenated alkanes) is 1. The van der Waals surface area contributed by atoms with Gasteiger partial charge in [0.05, 0.1) is 6.54 Å². The highest BCUT2D eigenvalue weighted by Gasteiger charge is 2.32. The molecular formula is C13H26N2O2. The van der Waals surface area contributed by atoms with Crippen molar-refractivity contribution in [2.75, 3.05) is 26.2 Å². The average molecular weight is 242 g/mol. The molecule has 0 spiro atoms. The summed E-state index contributed by atoms with van der Waals surface area (Å²) in [4.78, 5) is 11.4. The molecule has 1 saturated carbocycles. The maximum Gasteiger partial charge on any atom is 0.233 e. The first-order chi connectivity index (χ1) is 8.22. The second-order valence-electron chi connectivity index (χ2n) is 5.17. The van der Waals surface area contributed by atoms with E-state index < -0.39 is 0 Å². The van der Waals surface area contributed by atoms with Crippen molar-refractivity contribution in [1.82, 2.24) is 10.6 Å². The minimum atomic E-state index is 0.0314. The first-order valence-corrected chi connectivity index (χ1v) is 6.81. The highest BCUT2D eigenvalue weighted by Crippen LogP contribution is 2.36. The lowest BCUT2D eigenvalue weighted by atomic mass is 9.87. The van der Waals surface area contributed by atoms with Crippen LogP contribution in [0.25, 0.3) is 0 Å². The molecule has 0 unspecified atom stereocenters. The molecule has 1 fully saturated rings. The Bertz CT molecular complexity index is 225. The predicted octanol–water partition coefficient (Wildman–Crippen LogP) is 1.04. The number of amides is 1. The molecule has 17 heavy (non-hydrogen) atoms. The fourth-order valence-electron chi connectivity index (χ4n) is 2.42. The first-order valence-electron chi connectivity index (χ1n) is 6.81. The van der Waals surface area contributed by atoms with Crippen LogP contribution < -0.4 is 10.6 Å². The number of aliphatic hydroxyl groups is 1. The highest BCUT2D eigenvalue weighted by molar-refractivity contribution is 5.77. The van der Waals surface area contributed by atoms with Crippen LogP contribution in [0.1, 0.15) is 45.4 Å². The molecule has 0 atom stereocenters. The van der Waals surface area contributed by atoms with Gasteiger partial charge in [0, 0.05) is 25.1 Å². The van der Waals surface area contributed by atoms with Crippen molar-refractivity contribution in [1.29, 1.82) is 0 Å². The number of carbonyl (C=O) groups is 1.